The standard InChI is InChI=1S/C8H15N3OS/c1-5(2)7(9)8-10-6(4-13-3)11-12-8/h5,7H,4,9H2,1-3H3. The number of aromatic nitrogens is 2. The third-order valence-electron chi connectivity index (χ3n) is 1.76. The van der Waals surface area contributed by atoms with Crippen LogP contribution in [0.1, 0.15) is 31.6 Å². The van der Waals surface area contributed by atoms with Crippen LogP contribution in [0, 0.1) is 5.92 Å². The molecule has 0 radical (unpaired) electrons. The second kappa shape index (κ2) is 4.62. The predicted octanol–water partition coefficient (Wildman–Crippen LogP) is 1.59. The molecule has 5 heteroatoms. The van der Waals surface area contributed by atoms with Crippen molar-refractivity contribution in [2.24, 2.45) is 11.7 Å². The van der Waals surface area contributed by atoms with Crippen LogP contribution in [0.15, 0.2) is 4.52 Å². The van der Waals surface area contributed by atoms with Crippen molar-refractivity contribution in [1.29, 1.82) is 0 Å². The minimum atomic E-state index is -0.150. The maximum absolute atomic E-state index is 5.84. The van der Waals surface area contributed by atoms with Crippen molar-refractivity contribution in [3.63, 3.8) is 0 Å². The Morgan fingerprint density at radius 1 is 1.54 bits per heavy atom. The summed E-state index contributed by atoms with van der Waals surface area (Å²) in [5.41, 5.74) is 5.84. The Labute approximate surface area is 82.3 Å². The van der Waals surface area contributed by atoms with Gasteiger partial charge in [0, 0.05) is 0 Å². The molecule has 1 aromatic heterocycles. The highest BCUT2D eigenvalue weighted by molar-refractivity contribution is 7.97. The summed E-state index contributed by atoms with van der Waals surface area (Å²) in [5, 5.41) is 3.82. The Bertz CT molecular complexity index is 262. The van der Waals surface area contributed by atoms with Gasteiger partial charge in [0.15, 0.2) is 5.82 Å². The molecule has 0 spiro atoms. The molecule has 1 aromatic rings. The molecule has 0 aliphatic carbocycles. The summed E-state index contributed by atoms with van der Waals surface area (Å²) >= 11 is 1.66. The van der Waals surface area contributed by atoms with Gasteiger partial charge in [-0.05, 0) is 12.2 Å². The molecule has 1 unspecified atom stereocenters. The second-order valence-electron chi connectivity index (χ2n) is 3.25. The lowest BCUT2D eigenvalue weighted by Gasteiger charge is -2.09. The first-order chi connectivity index (χ1) is 6.15. The average Bonchev–Trinajstić information content (AvgIpc) is 2.52. The summed E-state index contributed by atoms with van der Waals surface area (Å²) in [6.07, 6.45) is 2.00. The van der Waals surface area contributed by atoms with Gasteiger partial charge >= 0.3 is 0 Å². The van der Waals surface area contributed by atoms with Crippen LogP contribution in [0.3, 0.4) is 0 Å². The summed E-state index contributed by atoms with van der Waals surface area (Å²) < 4.78 is 5.04. The monoisotopic (exact) mass is 201 g/mol. The molecule has 0 aliphatic heterocycles. The van der Waals surface area contributed by atoms with Gasteiger partial charge in [0.25, 0.3) is 0 Å². The normalized spacial score (nSPS) is 13.6. The van der Waals surface area contributed by atoms with Gasteiger partial charge in [-0.3, -0.25) is 0 Å². The summed E-state index contributed by atoms with van der Waals surface area (Å²) in [5.74, 6) is 2.36. The quantitative estimate of drug-likeness (QED) is 0.801. The second-order valence-corrected chi connectivity index (χ2v) is 4.12. The van der Waals surface area contributed by atoms with E-state index in [9.17, 15) is 0 Å². The van der Waals surface area contributed by atoms with Crippen molar-refractivity contribution in [2.45, 2.75) is 25.6 Å². The van der Waals surface area contributed by atoms with Gasteiger partial charge in [-0.1, -0.05) is 19.0 Å². The molecule has 74 valence electrons. The lowest BCUT2D eigenvalue weighted by Crippen LogP contribution is -2.17. The average molecular weight is 201 g/mol. The molecule has 1 heterocycles. The van der Waals surface area contributed by atoms with E-state index in [1.807, 2.05) is 20.1 Å². The molecule has 0 saturated heterocycles. The first kappa shape index (κ1) is 10.5. The van der Waals surface area contributed by atoms with Crippen molar-refractivity contribution in [1.82, 2.24) is 10.1 Å². The van der Waals surface area contributed by atoms with Gasteiger partial charge in [-0.2, -0.15) is 16.7 Å². The topological polar surface area (TPSA) is 64.9 Å². The fourth-order valence-electron chi connectivity index (χ4n) is 0.876. The number of thioether (sulfide) groups is 1. The number of rotatable bonds is 4. The lowest BCUT2D eigenvalue weighted by molar-refractivity contribution is 0.323. The van der Waals surface area contributed by atoms with Gasteiger partial charge in [0.1, 0.15) is 0 Å². The van der Waals surface area contributed by atoms with E-state index in [-0.39, 0.29) is 6.04 Å². The van der Waals surface area contributed by atoms with Crippen LogP contribution >= 0.6 is 11.8 Å². The van der Waals surface area contributed by atoms with E-state index < -0.39 is 0 Å². The molecule has 2 N–H and O–H groups in total. The summed E-state index contributed by atoms with van der Waals surface area (Å²) in [6.45, 7) is 4.06. The number of hydrogen-bond donors (Lipinski definition) is 1. The van der Waals surface area contributed by atoms with E-state index in [1.165, 1.54) is 0 Å². The Kier molecular flexibility index (Phi) is 3.74. The highest BCUT2D eigenvalue weighted by Gasteiger charge is 2.17. The molecule has 0 saturated carbocycles. The first-order valence-corrected chi connectivity index (χ1v) is 5.61. The molecular formula is C8H15N3OS. The van der Waals surface area contributed by atoms with E-state index in [4.69, 9.17) is 10.3 Å². The van der Waals surface area contributed by atoms with Crippen molar-refractivity contribution in [2.75, 3.05) is 6.26 Å². The Hall–Kier alpha value is -0.550. The van der Waals surface area contributed by atoms with Crippen LogP contribution in [-0.2, 0) is 5.75 Å². The predicted molar refractivity (Wildman–Crippen MR) is 53.3 cm³/mol. The van der Waals surface area contributed by atoms with Crippen molar-refractivity contribution in [3.8, 4) is 0 Å². The van der Waals surface area contributed by atoms with Crippen LogP contribution in [0.25, 0.3) is 0 Å². The minimum absolute atomic E-state index is 0.150. The lowest BCUT2D eigenvalue weighted by atomic mass is 10.1. The highest BCUT2D eigenvalue weighted by atomic mass is 32.2. The van der Waals surface area contributed by atoms with Gasteiger partial charge < -0.3 is 10.3 Å². The fraction of sp³-hybridized carbons (Fsp3) is 0.750. The van der Waals surface area contributed by atoms with E-state index >= 15 is 0 Å². The Morgan fingerprint density at radius 3 is 2.77 bits per heavy atom. The minimum Gasteiger partial charge on any atom is -0.338 e. The molecule has 0 amide bonds. The molecule has 0 fully saturated rings. The molecule has 1 rings (SSSR count). The number of nitrogens with zero attached hydrogens (tertiary/aromatic N) is 2. The van der Waals surface area contributed by atoms with Crippen LogP contribution in [-0.4, -0.2) is 16.4 Å². The molecule has 0 aromatic carbocycles. The maximum atomic E-state index is 5.84. The molecule has 4 nitrogen and oxygen atoms in total. The van der Waals surface area contributed by atoms with Gasteiger partial charge in [0.2, 0.25) is 5.89 Å². The van der Waals surface area contributed by atoms with Crippen molar-refractivity contribution < 1.29 is 4.52 Å². The van der Waals surface area contributed by atoms with Gasteiger partial charge in [-0.15, -0.1) is 0 Å². The van der Waals surface area contributed by atoms with Gasteiger partial charge in [-0.25, -0.2) is 0 Å². The third kappa shape index (κ3) is 2.70. The summed E-state index contributed by atoms with van der Waals surface area (Å²) in [7, 11) is 0. The SMILES string of the molecule is CSCc1noc(C(N)C(C)C)n1. The van der Waals surface area contributed by atoms with Gasteiger partial charge in [0.05, 0.1) is 11.8 Å². The molecule has 1 atom stereocenters. The molecular weight excluding hydrogens is 186 g/mol. The van der Waals surface area contributed by atoms with E-state index in [0.29, 0.717) is 11.8 Å². The zero-order chi connectivity index (χ0) is 9.84. The third-order valence-corrected chi connectivity index (χ3v) is 2.31. The fourth-order valence-corrected chi connectivity index (χ4v) is 1.25. The van der Waals surface area contributed by atoms with Crippen LogP contribution in [0.5, 0.6) is 0 Å². The van der Waals surface area contributed by atoms with E-state index in [1.54, 1.807) is 11.8 Å². The molecule has 13 heavy (non-hydrogen) atoms. The summed E-state index contributed by atoms with van der Waals surface area (Å²) in [4.78, 5) is 4.20. The number of hydrogen-bond acceptors (Lipinski definition) is 5. The van der Waals surface area contributed by atoms with Crippen LogP contribution < -0.4 is 5.73 Å². The number of nitrogens with two attached hydrogens (primary N) is 1. The Balaban J connectivity index is 2.67. The Morgan fingerprint density at radius 2 is 2.23 bits per heavy atom. The summed E-state index contributed by atoms with van der Waals surface area (Å²) in [6, 6.07) is -0.150. The highest BCUT2D eigenvalue weighted by Crippen LogP contribution is 2.17. The van der Waals surface area contributed by atoms with E-state index in [2.05, 4.69) is 10.1 Å². The van der Waals surface area contributed by atoms with Crippen molar-refractivity contribution >= 4 is 11.8 Å². The van der Waals surface area contributed by atoms with Crippen LogP contribution in [0.4, 0.5) is 0 Å². The van der Waals surface area contributed by atoms with Crippen molar-refractivity contribution in [3.05, 3.63) is 11.7 Å². The zero-order valence-corrected chi connectivity index (χ0v) is 8.97. The maximum Gasteiger partial charge on any atom is 0.243 e. The molecule has 0 aliphatic rings. The smallest absolute Gasteiger partial charge is 0.243 e. The van der Waals surface area contributed by atoms with Crippen LogP contribution in [0.2, 0.25) is 0 Å². The first-order valence-electron chi connectivity index (χ1n) is 4.22. The largest absolute Gasteiger partial charge is 0.338 e. The molecule has 0 bridgehead atoms. The van der Waals surface area contributed by atoms with E-state index in [0.717, 1.165) is 11.6 Å². The zero-order valence-electron chi connectivity index (χ0n) is 8.15.